The van der Waals surface area contributed by atoms with Crippen LogP contribution in [0.15, 0.2) is 36.8 Å². The quantitative estimate of drug-likeness (QED) is 0.447. The third-order valence-corrected chi connectivity index (χ3v) is 5.92. The van der Waals surface area contributed by atoms with Crippen molar-refractivity contribution in [2.75, 3.05) is 17.7 Å². The molecule has 2 N–H and O–H groups in total. The SMILES string of the molecule is COC(C)(C)c1c(NC(=O)Nc2ccc(-n3nccn3)c(Cl)c2)cnc2sc(C)nc12. The van der Waals surface area contributed by atoms with Gasteiger partial charge in [-0.2, -0.15) is 15.0 Å². The highest BCUT2D eigenvalue weighted by molar-refractivity contribution is 7.18. The van der Waals surface area contributed by atoms with Crippen LogP contribution in [0.5, 0.6) is 0 Å². The largest absolute Gasteiger partial charge is 0.374 e. The van der Waals surface area contributed by atoms with Crippen LogP contribution >= 0.6 is 22.9 Å². The van der Waals surface area contributed by atoms with Crippen LogP contribution in [0.2, 0.25) is 5.02 Å². The number of halogens is 1. The van der Waals surface area contributed by atoms with Crippen molar-refractivity contribution < 1.29 is 9.53 Å². The van der Waals surface area contributed by atoms with Gasteiger partial charge in [0.05, 0.1) is 39.9 Å². The van der Waals surface area contributed by atoms with Gasteiger partial charge in [0.15, 0.2) is 0 Å². The first kappa shape index (κ1) is 21.2. The van der Waals surface area contributed by atoms with Crippen molar-refractivity contribution in [3.8, 4) is 5.69 Å². The number of benzene rings is 1. The predicted molar refractivity (Wildman–Crippen MR) is 121 cm³/mol. The van der Waals surface area contributed by atoms with Crippen molar-refractivity contribution in [1.82, 2.24) is 25.0 Å². The Morgan fingerprint density at radius 2 is 1.97 bits per heavy atom. The number of thiazole rings is 1. The van der Waals surface area contributed by atoms with E-state index < -0.39 is 11.6 Å². The van der Waals surface area contributed by atoms with Gasteiger partial charge in [-0.05, 0) is 39.0 Å². The smallest absolute Gasteiger partial charge is 0.323 e. The summed E-state index contributed by atoms with van der Waals surface area (Å²) in [6, 6.07) is 4.63. The Morgan fingerprint density at radius 3 is 2.65 bits per heavy atom. The Bertz CT molecular complexity index is 1250. The number of hydrogen-bond acceptors (Lipinski definition) is 7. The number of anilines is 2. The van der Waals surface area contributed by atoms with Gasteiger partial charge in [0.1, 0.15) is 16.0 Å². The molecule has 1 aromatic carbocycles. The second kappa shape index (κ2) is 8.22. The minimum absolute atomic E-state index is 0.399. The van der Waals surface area contributed by atoms with Crippen LogP contribution in [0, 0.1) is 6.92 Å². The van der Waals surface area contributed by atoms with E-state index in [0.717, 1.165) is 15.4 Å². The second-order valence-electron chi connectivity index (χ2n) is 7.21. The fourth-order valence-electron chi connectivity index (χ4n) is 3.16. The summed E-state index contributed by atoms with van der Waals surface area (Å²) in [5, 5.41) is 15.0. The fraction of sp³-hybridized carbons (Fsp3) is 0.250. The molecule has 0 spiro atoms. The minimum atomic E-state index is -0.688. The van der Waals surface area contributed by atoms with Gasteiger partial charge >= 0.3 is 6.03 Å². The van der Waals surface area contributed by atoms with E-state index in [4.69, 9.17) is 16.3 Å². The molecule has 11 heteroatoms. The zero-order valence-electron chi connectivity index (χ0n) is 17.3. The number of aromatic nitrogens is 5. The zero-order valence-corrected chi connectivity index (χ0v) is 18.9. The third kappa shape index (κ3) is 4.22. The van der Waals surface area contributed by atoms with Crippen LogP contribution < -0.4 is 10.6 Å². The number of carbonyl (C=O) groups is 1. The molecule has 0 bridgehead atoms. The van der Waals surface area contributed by atoms with Gasteiger partial charge in [-0.3, -0.25) is 0 Å². The molecule has 4 aromatic rings. The van der Waals surface area contributed by atoms with Crippen molar-refractivity contribution in [3.63, 3.8) is 0 Å². The van der Waals surface area contributed by atoms with Gasteiger partial charge in [0, 0.05) is 18.4 Å². The summed E-state index contributed by atoms with van der Waals surface area (Å²) in [6.45, 7) is 5.75. The molecular formula is C20H20ClN7O2S. The molecule has 0 saturated carbocycles. The summed E-state index contributed by atoms with van der Waals surface area (Å²) in [5.74, 6) is 0. The number of hydrogen-bond donors (Lipinski definition) is 2. The Morgan fingerprint density at radius 1 is 1.23 bits per heavy atom. The molecule has 31 heavy (non-hydrogen) atoms. The van der Waals surface area contributed by atoms with Crippen LogP contribution in [-0.4, -0.2) is 38.1 Å². The number of fused-ring (bicyclic) bond motifs is 1. The molecule has 160 valence electrons. The maximum Gasteiger partial charge on any atom is 0.323 e. The molecule has 0 aliphatic carbocycles. The van der Waals surface area contributed by atoms with E-state index in [2.05, 4.69) is 30.8 Å². The second-order valence-corrected chi connectivity index (χ2v) is 8.80. The summed E-state index contributed by atoms with van der Waals surface area (Å²) in [6.07, 6.45) is 4.74. The summed E-state index contributed by atoms with van der Waals surface area (Å²) in [4.78, 5) is 24.0. The molecule has 0 unspecified atom stereocenters. The normalized spacial score (nSPS) is 11.6. The number of urea groups is 1. The molecule has 0 fully saturated rings. The lowest BCUT2D eigenvalue weighted by atomic mass is 9.96. The van der Waals surface area contributed by atoms with Crippen LogP contribution in [-0.2, 0) is 10.3 Å². The molecule has 2 amide bonds. The maximum atomic E-state index is 12.7. The Labute approximate surface area is 187 Å². The number of methoxy groups -OCH3 is 1. The van der Waals surface area contributed by atoms with Crippen molar-refractivity contribution in [3.05, 3.63) is 52.4 Å². The van der Waals surface area contributed by atoms with Gasteiger partial charge in [-0.1, -0.05) is 22.9 Å². The Kier molecular flexibility index (Phi) is 5.61. The van der Waals surface area contributed by atoms with E-state index in [1.807, 2.05) is 20.8 Å². The number of carbonyl (C=O) groups excluding carboxylic acids is 1. The lowest BCUT2D eigenvalue weighted by Gasteiger charge is -2.26. The molecule has 4 rings (SSSR count). The number of nitrogens with one attached hydrogen (secondary N) is 2. The fourth-order valence-corrected chi connectivity index (χ4v) is 4.18. The van der Waals surface area contributed by atoms with E-state index in [0.29, 0.717) is 27.6 Å². The lowest BCUT2D eigenvalue weighted by molar-refractivity contribution is 0.0209. The van der Waals surface area contributed by atoms with E-state index in [1.165, 1.54) is 16.1 Å². The van der Waals surface area contributed by atoms with Crippen molar-refractivity contribution in [2.24, 2.45) is 0 Å². The molecule has 0 aliphatic rings. The molecule has 3 aromatic heterocycles. The molecular weight excluding hydrogens is 438 g/mol. The summed E-state index contributed by atoms with van der Waals surface area (Å²) in [5.41, 5.74) is 2.43. The van der Waals surface area contributed by atoms with Crippen LogP contribution in [0.4, 0.5) is 16.2 Å². The first-order valence-corrected chi connectivity index (χ1v) is 10.5. The van der Waals surface area contributed by atoms with Gasteiger partial charge in [0.2, 0.25) is 0 Å². The van der Waals surface area contributed by atoms with Crippen LogP contribution in [0.1, 0.15) is 24.4 Å². The van der Waals surface area contributed by atoms with Gasteiger partial charge in [-0.15, -0.1) is 0 Å². The van der Waals surface area contributed by atoms with Gasteiger partial charge < -0.3 is 15.4 Å². The van der Waals surface area contributed by atoms with E-state index in [9.17, 15) is 4.79 Å². The molecule has 0 saturated heterocycles. The third-order valence-electron chi connectivity index (χ3n) is 4.73. The van der Waals surface area contributed by atoms with Crippen molar-refractivity contribution >= 4 is 50.7 Å². The topological polar surface area (TPSA) is 107 Å². The average Bonchev–Trinajstić information content (AvgIpc) is 3.36. The number of amides is 2. The highest BCUT2D eigenvalue weighted by atomic mass is 35.5. The Balaban J connectivity index is 1.60. The number of nitrogens with zero attached hydrogens (tertiary/aromatic N) is 5. The summed E-state index contributed by atoms with van der Waals surface area (Å²) in [7, 11) is 1.62. The molecule has 3 heterocycles. The molecule has 0 radical (unpaired) electrons. The van der Waals surface area contributed by atoms with Crippen LogP contribution in [0.3, 0.4) is 0 Å². The number of pyridine rings is 1. The monoisotopic (exact) mass is 457 g/mol. The van der Waals surface area contributed by atoms with Gasteiger partial charge in [-0.25, -0.2) is 14.8 Å². The van der Waals surface area contributed by atoms with Crippen molar-refractivity contribution in [1.29, 1.82) is 0 Å². The number of aryl methyl sites for hydroxylation is 1. The molecule has 0 atom stereocenters. The molecule has 0 aliphatic heterocycles. The standard InChI is InChI=1S/C20H20ClN7O2S/c1-11-25-17-16(20(2,3)30-4)14(10-22-18(17)31-11)27-19(29)26-12-5-6-15(13(21)9-12)28-23-7-8-24-28/h5-10H,1-4H3,(H2,26,27,29). The molecule has 9 nitrogen and oxygen atoms in total. The minimum Gasteiger partial charge on any atom is -0.374 e. The predicted octanol–water partition coefficient (Wildman–Crippen LogP) is 4.76. The lowest BCUT2D eigenvalue weighted by Crippen LogP contribution is -2.26. The van der Waals surface area contributed by atoms with Crippen molar-refractivity contribution in [2.45, 2.75) is 26.4 Å². The van der Waals surface area contributed by atoms with Crippen LogP contribution in [0.25, 0.3) is 16.0 Å². The van der Waals surface area contributed by atoms with Gasteiger partial charge in [0.25, 0.3) is 0 Å². The van der Waals surface area contributed by atoms with E-state index in [1.54, 1.807) is 43.9 Å². The zero-order chi connectivity index (χ0) is 22.2. The summed E-state index contributed by atoms with van der Waals surface area (Å²) < 4.78 is 5.68. The Hall–Kier alpha value is -3.08. The summed E-state index contributed by atoms with van der Waals surface area (Å²) >= 11 is 7.82. The average molecular weight is 458 g/mol. The first-order valence-electron chi connectivity index (χ1n) is 9.34. The number of ether oxygens (including phenoxy) is 1. The van der Waals surface area contributed by atoms with E-state index >= 15 is 0 Å². The highest BCUT2D eigenvalue weighted by Gasteiger charge is 2.29. The number of rotatable bonds is 5. The maximum absolute atomic E-state index is 12.7. The highest BCUT2D eigenvalue weighted by Crippen LogP contribution is 2.37. The van der Waals surface area contributed by atoms with E-state index in [-0.39, 0.29) is 0 Å². The first-order chi connectivity index (χ1) is 14.8.